The van der Waals surface area contributed by atoms with E-state index in [1.165, 1.54) is 28.8 Å². The number of carbonyl (C=O) groups excluding carboxylic acids is 2. The average molecular weight is 648 g/mol. The highest BCUT2D eigenvalue weighted by Crippen LogP contribution is 2.38. The van der Waals surface area contributed by atoms with Crippen molar-refractivity contribution in [1.82, 2.24) is 19.9 Å². The van der Waals surface area contributed by atoms with E-state index in [9.17, 15) is 40.3 Å². The number of hydrogen-bond donors (Lipinski definition) is 4. The number of halogens is 8. The number of urea groups is 1. The van der Waals surface area contributed by atoms with Crippen LogP contribution in [0.2, 0.25) is 0 Å². The van der Waals surface area contributed by atoms with Crippen LogP contribution in [0.25, 0.3) is 16.6 Å². The summed E-state index contributed by atoms with van der Waals surface area (Å²) in [5.41, 5.74) is 5.55. The molecule has 4 aromatic rings. The van der Waals surface area contributed by atoms with Crippen molar-refractivity contribution in [3.63, 3.8) is 0 Å². The molecule has 0 atom stereocenters. The minimum atomic E-state index is -4.75. The zero-order chi connectivity index (χ0) is 30.1. The maximum absolute atomic E-state index is 14.0. The molecule has 216 valence electrons. The maximum Gasteiger partial charge on any atom is 0.416 e. The molecule has 5 N–H and O–H groups in total. The van der Waals surface area contributed by atoms with Gasteiger partial charge in [0.1, 0.15) is 28.8 Å². The highest BCUT2D eigenvalue weighted by molar-refractivity contribution is 9.10. The number of alkyl halides is 6. The number of nitrogens with two attached hydrogens (primary N) is 1. The van der Waals surface area contributed by atoms with Gasteiger partial charge < -0.3 is 21.7 Å². The third-order valence-electron chi connectivity index (χ3n) is 5.59. The topological polar surface area (TPSA) is 126 Å². The van der Waals surface area contributed by atoms with Crippen molar-refractivity contribution in [2.75, 3.05) is 22.9 Å². The Balaban J connectivity index is 1.59. The number of hydrogen-bond acceptors (Lipinski definition) is 5. The van der Waals surface area contributed by atoms with Gasteiger partial charge in [0, 0.05) is 16.8 Å². The summed E-state index contributed by atoms with van der Waals surface area (Å²) in [6.07, 6.45) is -8.71. The number of aromatic nitrogens is 3. The van der Waals surface area contributed by atoms with Gasteiger partial charge in [-0.2, -0.15) is 31.4 Å². The first-order valence-corrected chi connectivity index (χ1v) is 12.1. The molecule has 0 saturated heterocycles. The van der Waals surface area contributed by atoms with Crippen LogP contribution >= 0.6 is 15.9 Å². The van der Waals surface area contributed by atoms with Gasteiger partial charge in [0.2, 0.25) is 5.91 Å². The second-order valence-corrected chi connectivity index (χ2v) is 9.22. The van der Waals surface area contributed by atoms with Crippen LogP contribution in [0.1, 0.15) is 11.1 Å². The van der Waals surface area contributed by atoms with Crippen molar-refractivity contribution in [1.29, 1.82) is 0 Å². The second kappa shape index (κ2) is 11.2. The van der Waals surface area contributed by atoms with E-state index in [2.05, 4.69) is 31.3 Å². The van der Waals surface area contributed by atoms with Gasteiger partial charge in [-0.05, 0) is 51.8 Å². The fraction of sp³-hybridized carbons (Fsp3) is 0.167. The first-order chi connectivity index (χ1) is 19.1. The number of benzene rings is 2. The number of rotatable bonds is 6. The molecule has 3 amide bonds. The molecule has 9 nitrogen and oxygen atoms in total. The van der Waals surface area contributed by atoms with Crippen LogP contribution in [0, 0.1) is 5.82 Å². The van der Waals surface area contributed by atoms with Gasteiger partial charge >= 0.3 is 18.4 Å². The van der Waals surface area contributed by atoms with E-state index < -0.39 is 54.3 Å². The fourth-order valence-electron chi connectivity index (χ4n) is 3.82. The molecule has 41 heavy (non-hydrogen) atoms. The Morgan fingerprint density at radius 2 is 1.68 bits per heavy atom. The van der Waals surface area contributed by atoms with Gasteiger partial charge in [0.15, 0.2) is 5.82 Å². The molecule has 0 aliphatic rings. The molecule has 0 saturated carbocycles. The van der Waals surface area contributed by atoms with Crippen molar-refractivity contribution in [3.8, 4) is 11.1 Å². The Kier molecular flexibility index (Phi) is 8.10. The molecule has 0 unspecified atom stereocenters. The summed E-state index contributed by atoms with van der Waals surface area (Å²) < 4.78 is 92.0. The number of nitrogen functional groups attached to an aromatic ring is 1. The molecular weight excluding hydrogens is 631 g/mol. The summed E-state index contributed by atoms with van der Waals surface area (Å²) >= 11 is 3.30. The monoisotopic (exact) mass is 647 g/mol. The summed E-state index contributed by atoms with van der Waals surface area (Å²) in [6.45, 7) is -1.53. The number of amides is 3. The molecule has 2 aromatic heterocycles. The quantitative estimate of drug-likeness (QED) is 0.198. The highest BCUT2D eigenvalue weighted by atomic mass is 79.9. The van der Waals surface area contributed by atoms with Crippen LogP contribution < -0.4 is 21.7 Å². The lowest BCUT2D eigenvalue weighted by molar-refractivity contribution is -0.138. The molecule has 2 aromatic carbocycles. The molecule has 0 aliphatic heterocycles. The first kappa shape index (κ1) is 29.6. The van der Waals surface area contributed by atoms with E-state index in [1.807, 2.05) is 5.32 Å². The predicted molar refractivity (Wildman–Crippen MR) is 137 cm³/mol. The lowest BCUT2D eigenvalue weighted by Gasteiger charge is -2.12. The third-order valence-corrected chi connectivity index (χ3v) is 6.40. The largest absolute Gasteiger partial charge is 0.416 e. The number of carbonyl (C=O) groups is 2. The van der Waals surface area contributed by atoms with E-state index in [4.69, 9.17) is 5.73 Å². The van der Waals surface area contributed by atoms with Crippen LogP contribution in [0.15, 0.2) is 53.4 Å². The molecular formula is C24H17BrF7N7O2. The van der Waals surface area contributed by atoms with Crippen LogP contribution in [-0.4, -0.2) is 39.3 Å². The Morgan fingerprint density at radius 3 is 2.32 bits per heavy atom. The zero-order valence-electron chi connectivity index (χ0n) is 20.3. The van der Waals surface area contributed by atoms with Crippen molar-refractivity contribution in [2.24, 2.45) is 0 Å². The second-order valence-electron chi connectivity index (χ2n) is 8.47. The average Bonchev–Trinajstić information content (AvgIpc) is 3.16. The van der Waals surface area contributed by atoms with Gasteiger partial charge in [0.25, 0.3) is 0 Å². The zero-order valence-corrected chi connectivity index (χ0v) is 21.9. The minimum Gasteiger partial charge on any atom is -0.382 e. The molecule has 2 heterocycles. The molecule has 0 aliphatic carbocycles. The lowest BCUT2D eigenvalue weighted by Crippen LogP contribution is -2.34. The van der Waals surface area contributed by atoms with Crippen molar-refractivity contribution >= 4 is 50.6 Å². The van der Waals surface area contributed by atoms with Crippen molar-refractivity contribution in [3.05, 3.63) is 70.3 Å². The van der Waals surface area contributed by atoms with Crippen LogP contribution in [0.4, 0.5) is 52.7 Å². The summed E-state index contributed by atoms with van der Waals surface area (Å²) in [6, 6.07) is 6.26. The number of nitrogens with one attached hydrogen (secondary N) is 3. The first-order valence-electron chi connectivity index (χ1n) is 11.3. The van der Waals surface area contributed by atoms with Gasteiger partial charge in [-0.1, -0.05) is 12.1 Å². The maximum atomic E-state index is 14.0. The summed E-state index contributed by atoms with van der Waals surface area (Å²) in [5.74, 6) is -2.01. The van der Waals surface area contributed by atoms with Crippen molar-refractivity contribution in [2.45, 2.75) is 18.8 Å². The molecule has 0 fully saturated rings. The Labute approximate surface area is 234 Å². The molecule has 0 radical (unpaired) electrons. The number of nitrogens with zero attached hydrogens (tertiary/aromatic N) is 3. The number of fused-ring (bicyclic) bond motifs is 1. The standard InChI is InChI=1S/C24H17BrF7N7O2/c25-20-14(8-17(40)34-9-23(27,28)29)18(19-21(33)35-10-36-39(19)20)11-1-4-13(5-2-11)37-22(41)38-16-7-12(24(30,31)32)3-6-15(16)26/h1-7,10H,8-9H2,(H,34,40)(H2,33,35,36)(H2,37,38,41). The summed E-state index contributed by atoms with van der Waals surface area (Å²) in [4.78, 5) is 28.6. The lowest BCUT2D eigenvalue weighted by atomic mass is 10.00. The summed E-state index contributed by atoms with van der Waals surface area (Å²) in [5, 5.41) is 10.2. The normalized spacial score (nSPS) is 11.9. The highest BCUT2D eigenvalue weighted by Gasteiger charge is 2.31. The van der Waals surface area contributed by atoms with E-state index in [0.717, 1.165) is 6.33 Å². The van der Waals surface area contributed by atoms with Gasteiger partial charge in [-0.15, -0.1) is 0 Å². The van der Waals surface area contributed by atoms with E-state index in [-0.39, 0.29) is 27.2 Å². The minimum absolute atomic E-state index is 0.00217. The molecule has 0 bridgehead atoms. The molecule has 17 heteroatoms. The van der Waals surface area contributed by atoms with Crippen LogP contribution in [-0.2, 0) is 17.4 Å². The van der Waals surface area contributed by atoms with E-state index in [0.29, 0.717) is 29.3 Å². The molecule has 0 spiro atoms. The third kappa shape index (κ3) is 6.85. The molecule has 4 rings (SSSR count). The van der Waals surface area contributed by atoms with E-state index in [1.54, 1.807) is 5.32 Å². The SMILES string of the molecule is Nc1ncnn2c(Br)c(CC(=O)NCC(F)(F)F)c(-c3ccc(NC(=O)Nc4cc(C(F)(F)F)ccc4F)cc3)c12. The van der Waals surface area contributed by atoms with Crippen molar-refractivity contribution < 1.29 is 40.3 Å². The van der Waals surface area contributed by atoms with Gasteiger partial charge in [0.05, 0.1) is 17.7 Å². The van der Waals surface area contributed by atoms with E-state index >= 15 is 0 Å². The van der Waals surface area contributed by atoms with Gasteiger partial charge in [-0.3, -0.25) is 4.79 Å². The van der Waals surface area contributed by atoms with Crippen LogP contribution in [0.3, 0.4) is 0 Å². The summed E-state index contributed by atoms with van der Waals surface area (Å²) in [7, 11) is 0. The van der Waals surface area contributed by atoms with Gasteiger partial charge in [-0.25, -0.2) is 18.7 Å². The predicted octanol–water partition coefficient (Wildman–Crippen LogP) is 5.76. The smallest absolute Gasteiger partial charge is 0.382 e. The number of anilines is 3. The Morgan fingerprint density at radius 1 is 1.00 bits per heavy atom. The Hall–Kier alpha value is -4.41. The Bertz CT molecular complexity index is 1620. The fourth-order valence-corrected chi connectivity index (χ4v) is 4.43. The van der Waals surface area contributed by atoms with Crippen LogP contribution in [0.5, 0.6) is 0 Å².